The van der Waals surface area contributed by atoms with Gasteiger partial charge in [-0.15, -0.1) is 0 Å². The number of hydrogen-bond donors (Lipinski definition) is 8. The van der Waals surface area contributed by atoms with Gasteiger partial charge in [-0.3, -0.25) is 33.6 Å². The second kappa shape index (κ2) is 26.3. The number of ketones is 2. The zero-order valence-electron chi connectivity index (χ0n) is 30.7. The van der Waals surface area contributed by atoms with Crippen molar-refractivity contribution in [3.8, 4) is 0 Å². The number of unbranched alkanes of at least 4 members (excludes halogenated alkanes) is 3. The van der Waals surface area contributed by atoms with Crippen molar-refractivity contribution < 1.29 is 43.8 Å². The van der Waals surface area contributed by atoms with Crippen molar-refractivity contribution in [1.29, 1.82) is 0 Å². The largest absolute Gasteiger partial charge is 0.481 e. The van der Waals surface area contributed by atoms with Crippen molar-refractivity contribution in [1.82, 2.24) is 21.3 Å². The zero-order valence-corrected chi connectivity index (χ0v) is 31.6. The van der Waals surface area contributed by atoms with Crippen molar-refractivity contribution in [3.05, 3.63) is 71.8 Å². The highest BCUT2D eigenvalue weighted by molar-refractivity contribution is 7.80. The molecule has 0 spiro atoms. The fourth-order valence-corrected chi connectivity index (χ4v) is 5.89. The number of aliphatic carboxylic acids is 2. The molecule has 5 atom stereocenters. The Labute approximate surface area is 324 Å². The van der Waals surface area contributed by atoms with Crippen LogP contribution in [0.25, 0.3) is 0 Å². The molecule has 3 radical (unpaired) electrons. The lowest BCUT2D eigenvalue weighted by molar-refractivity contribution is -0.143. The molecule has 0 aliphatic rings. The average molecular weight is 767 g/mol. The molecular formula is C38H53BN5O9S. The summed E-state index contributed by atoms with van der Waals surface area (Å²) in [5, 5.41) is 29.4. The fraction of sp³-hybridized carbons (Fsp3) is 0.500. The molecule has 2 unspecified atom stereocenters. The topological polar surface area (TPSA) is 234 Å². The summed E-state index contributed by atoms with van der Waals surface area (Å²) >= 11 is 3.92. The van der Waals surface area contributed by atoms with E-state index >= 15 is 0 Å². The maximum atomic E-state index is 13.9. The number of nitrogens with one attached hydrogen (secondary N) is 4. The normalized spacial score (nSPS) is 13.5. The van der Waals surface area contributed by atoms with Crippen LogP contribution < -0.4 is 27.0 Å². The van der Waals surface area contributed by atoms with Crippen LogP contribution in [0.1, 0.15) is 62.5 Å². The summed E-state index contributed by atoms with van der Waals surface area (Å²) in [6, 6.07) is 14.4. The van der Waals surface area contributed by atoms with Crippen LogP contribution in [-0.2, 0) is 46.4 Å². The lowest BCUT2D eigenvalue weighted by Gasteiger charge is -2.23. The minimum absolute atomic E-state index is 0. The number of carboxylic acids is 2. The Hall–Kier alpha value is -4.54. The predicted molar refractivity (Wildman–Crippen MR) is 208 cm³/mol. The number of rotatable bonds is 27. The summed E-state index contributed by atoms with van der Waals surface area (Å²) < 4.78 is 0. The number of thiol groups is 1. The molecule has 0 aromatic heterocycles. The molecule has 54 heavy (non-hydrogen) atoms. The van der Waals surface area contributed by atoms with E-state index in [1.807, 2.05) is 55.6 Å². The van der Waals surface area contributed by atoms with Gasteiger partial charge in [-0.2, -0.15) is 12.6 Å². The van der Waals surface area contributed by atoms with Crippen LogP contribution >= 0.6 is 12.6 Å². The summed E-state index contributed by atoms with van der Waals surface area (Å²) in [5.74, 6) is -7.89. The van der Waals surface area contributed by atoms with Gasteiger partial charge < -0.3 is 37.2 Å². The van der Waals surface area contributed by atoms with Crippen LogP contribution in [0.2, 0.25) is 0 Å². The first-order valence-corrected chi connectivity index (χ1v) is 18.4. The van der Waals surface area contributed by atoms with Gasteiger partial charge in [0.25, 0.3) is 0 Å². The molecule has 0 saturated heterocycles. The van der Waals surface area contributed by atoms with Gasteiger partial charge in [-0.1, -0.05) is 73.5 Å². The third-order valence-corrected chi connectivity index (χ3v) is 9.11. The van der Waals surface area contributed by atoms with Crippen molar-refractivity contribution in [2.24, 2.45) is 17.6 Å². The number of Topliss-reactive ketones (excluding diaryl/α,β-unsaturated/α-hetero) is 2. The number of nitrogens with two attached hydrogens (primary N) is 1. The van der Waals surface area contributed by atoms with E-state index in [1.54, 1.807) is 12.1 Å². The van der Waals surface area contributed by atoms with E-state index in [2.05, 4.69) is 33.9 Å². The van der Waals surface area contributed by atoms with Crippen LogP contribution in [0.4, 0.5) is 0 Å². The van der Waals surface area contributed by atoms with E-state index in [1.165, 1.54) is 0 Å². The Morgan fingerprint density at radius 2 is 1.26 bits per heavy atom. The summed E-state index contributed by atoms with van der Waals surface area (Å²) in [4.78, 5) is 88.9. The summed E-state index contributed by atoms with van der Waals surface area (Å²) in [7, 11) is 1.89. The number of carboxylic acid groups (broad SMARTS) is 2. The van der Waals surface area contributed by atoms with E-state index in [4.69, 9.17) is 5.73 Å². The molecule has 0 aliphatic carbocycles. The number of carbonyl (C=O) groups excluding carboxylic acids is 5. The first-order chi connectivity index (χ1) is 25.3. The van der Waals surface area contributed by atoms with E-state index in [0.29, 0.717) is 6.42 Å². The van der Waals surface area contributed by atoms with Crippen molar-refractivity contribution >= 4 is 62.3 Å². The minimum atomic E-state index is -1.55. The summed E-state index contributed by atoms with van der Waals surface area (Å²) in [5.41, 5.74) is 7.64. The van der Waals surface area contributed by atoms with Gasteiger partial charge in [0, 0.05) is 45.9 Å². The quantitative estimate of drug-likeness (QED) is 0.0367. The Balaban J connectivity index is 0.0000146. The van der Waals surface area contributed by atoms with Crippen LogP contribution in [0.5, 0.6) is 0 Å². The summed E-state index contributed by atoms with van der Waals surface area (Å²) in [6.07, 6.45) is 2.62. The average Bonchev–Trinajstić information content (AvgIpc) is 3.13. The lowest BCUT2D eigenvalue weighted by Crippen LogP contribution is -2.53. The van der Waals surface area contributed by atoms with E-state index < -0.39 is 78.9 Å². The standard InChI is InChI=1S/C38H53N5O9S.B/c1-40-17-11-3-2-10-16-34(46)42-30(19-26-14-8-5-9-15-26)32(44)20-27(18-25-12-6-4-7-13-25)36(49)41-23-29(39)37(50)43-31(22-35(47)48)33(45)21-28(24-53)38(51)52;/h4-9,12-15,27-31,40,53H,2-3,10-11,16-24,39H2,1H3,(H,41,49)(H,42,46)(H,43,50)(H,47,48)(H,51,52);/t27-,28?,29+,30+,31?;/m1./s1. The molecule has 8 N–H and O–H groups in total. The Morgan fingerprint density at radius 3 is 1.81 bits per heavy atom. The van der Waals surface area contributed by atoms with Gasteiger partial charge in [0.1, 0.15) is 6.04 Å². The van der Waals surface area contributed by atoms with Crippen molar-refractivity contribution in [2.75, 3.05) is 25.9 Å². The van der Waals surface area contributed by atoms with Gasteiger partial charge in [0.15, 0.2) is 11.6 Å². The molecule has 14 nitrogen and oxygen atoms in total. The maximum absolute atomic E-state index is 13.9. The summed E-state index contributed by atoms with van der Waals surface area (Å²) in [6.45, 7) is 0.490. The molecule has 16 heteroatoms. The fourth-order valence-electron chi connectivity index (χ4n) is 5.61. The van der Waals surface area contributed by atoms with Crippen LogP contribution in [-0.4, -0.2) is 104 Å². The molecular weight excluding hydrogens is 713 g/mol. The number of hydrogen-bond acceptors (Lipinski definition) is 10. The molecule has 0 bridgehead atoms. The van der Waals surface area contributed by atoms with Gasteiger partial charge in [0.05, 0.1) is 24.4 Å². The van der Waals surface area contributed by atoms with Crippen LogP contribution in [0, 0.1) is 11.8 Å². The van der Waals surface area contributed by atoms with E-state index in [0.717, 1.165) is 36.9 Å². The zero-order chi connectivity index (χ0) is 39.2. The number of benzene rings is 2. The molecule has 293 valence electrons. The van der Waals surface area contributed by atoms with Gasteiger partial charge in [-0.25, -0.2) is 0 Å². The highest BCUT2D eigenvalue weighted by Crippen LogP contribution is 2.17. The number of amides is 3. The molecule has 3 amide bonds. The second-order valence-electron chi connectivity index (χ2n) is 13.0. The first kappa shape index (κ1) is 47.5. The highest BCUT2D eigenvalue weighted by atomic mass is 32.1. The lowest BCUT2D eigenvalue weighted by atomic mass is 9.89. The van der Waals surface area contributed by atoms with Crippen LogP contribution in [0.3, 0.4) is 0 Å². The Kier molecular flexibility index (Phi) is 23.1. The third-order valence-electron chi connectivity index (χ3n) is 8.66. The molecule has 0 saturated carbocycles. The monoisotopic (exact) mass is 766 g/mol. The second-order valence-corrected chi connectivity index (χ2v) is 13.4. The molecule has 2 aromatic carbocycles. The first-order valence-electron chi connectivity index (χ1n) is 17.8. The SMILES string of the molecule is CNCCCCCCC(=O)N[C@@H](Cc1ccccc1)C(=O)C[C@@H](Cc1ccccc1)C(=O)NC[C@H](N)C(=O)NC(CC(=O)O)C(=O)CC(CS)C(=O)O.[B]. The van der Waals surface area contributed by atoms with Crippen LogP contribution in [0.15, 0.2) is 60.7 Å². The molecule has 2 rings (SSSR count). The third kappa shape index (κ3) is 18.5. The smallest absolute Gasteiger partial charge is 0.307 e. The van der Waals surface area contributed by atoms with Crippen molar-refractivity contribution in [3.63, 3.8) is 0 Å². The van der Waals surface area contributed by atoms with E-state index in [-0.39, 0.29) is 51.5 Å². The van der Waals surface area contributed by atoms with Gasteiger partial charge in [0.2, 0.25) is 17.7 Å². The minimum Gasteiger partial charge on any atom is -0.481 e. The molecule has 0 heterocycles. The predicted octanol–water partition coefficient (Wildman–Crippen LogP) is 1.31. The van der Waals surface area contributed by atoms with E-state index in [9.17, 15) is 43.8 Å². The van der Waals surface area contributed by atoms with Crippen molar-refractivity contribution in [2.45, 2.75) is 82.3 Å². The Bertz CT molecular complexity index is 1500. The molecule has 0 aliphatic heterocycles. The highest BCUT2D eigenvalue weighted by Gasteiger charge is 2.31. The number of carbonyl (C=O) groups is 7. The van der Waals surface area contributed by atoms with Gasteiger partial charge in [-0.05, 0) is 50.4 Å². The van der Waals surface area contributed by atoms with Gasteiger partial charge >= 0.3 is 11.9 Å². The molecule has 0 fully saturated rings. The molecule has 2 aromatic rings. The maximum Gasteiger partial charge on any atom is 0.307 e. The Morgan fingerprint density at radius 1 is 0.704 bits per heavy atom.